The van der Waals surface area contributed by atoms with Gasteiger partial charge in [-0.25, -0.2) is 4.98 Å². The zero-order valence-electron chi connectivity index (χ0n) is 9.13. The van der Waals surface area contributed by atoms with Gasteiger partial charge in [0.15, 0.2) is 5.95 Å². The highest BCUT2D eigenvalue weighted by molar-refractivity contribution is 6.31. The van der Waals surface area contributed by atoms with Crippen LogP contribution in [-0.4, -0.2) is 17.0 Å². The highest BCUT2D eigenvalue weighted by atomic mass is 35.5. The molecule has 0 saturated heterocycles. The second-order valence-corrected chi connectivity index (χ2v) is 4.01. The van der Waals surface area contributed by atoms with Crippen molar-refractivity contribution in [1.29, 1.82) is 0 Å². The molecule has 2 aromatic rings. The fraction of sp³-hybridized carbons (Fsp3) is 0.250. The van der Waals surface area contributed by atoms with E-state index in [0.29, 0.717) is 0 Å². The van der Waals surface area contributed by atoms with Gasteiger partial charge in [-0.15, -0.1) is 0 Å². The summed E-state index contributed by atoms with van der Waals surface area (Å²) >= 11 is 6.08. The number of anilines is 1. The van der Waals surface area contributed by atoms with E-state index in [9.17, 15) is 0 Å². The lowest BCUT2D eigenvalue weighted by molar-refractivity contribution is 0.926. The first-order valence-electron chi connectivity index (χ1n) is 5.24. The number of benzene rings is 1. The van der Waals surface area contributed by atoms with Crippen LogP contribution in [0.4, 0.5) is 5.95 Å². The molecule has 4 heteroatoms. The lowest BCUT2D eigenvalue weighted by Gasteiger charge is -2.02. The quantitative estimate of drug-likeness (QED) is 0.856. The second kappa shape index (κ2) is 5.03. The third-order valence-corrected chi connectivity index (χ3v) is 2.86. The third-order valence-electron chi connectivity index (χ3n) is 2.49. The number of nitrogens with one attached hydrogen (secondary N) is 2. The van der Waals surface area contributed by atoms with Crippen LogP contribution < -0.4 is 5.32 Å². The summed E-state index contributed by atoms with van der Waals surface area (Å²) in [6.45, 7) is 0. The van der Waals surface area contributed by atoms with Gasteiger partial charge in [-0.05, 0) is 24.5 Å². The van der Waals surface area contributed by atoms with E-state index >= 15 is 0 Å². The number of aromatic amines is 1. The molecule has 0 saturated carbocycles. The first-order chi connectivity index (χ1) is 7.79. The number of aromatic nitrogens is 2. The Morgan fingerprint density at radius 3 is 2.81 bits per heavy atom. The number of rotatable bonds is 4. The van der Waals surface area contributed by atoms with E-state index in [1.165, 1.54) is 5.56 Å². The lowest BCUT2D eigenvalue weighted by atomic mass is 10.1. The summed E-state index contributed by atoms with van der Waals surface area (Å²) < 4.78 is 0. The maximum absolute atomic E-state index is 6.08. The number of nitrogens with zero attached hydrogens (tertiary/aromatic N) is 1. The van der Waals surface area contributed by atoms with Gasteiger partial charge in [0.25, 0.3) is 0 Å². The number of hydrogen-bond acceptors (Lipinski definition) is 2. The smallest absolute Gasteiger partial charge is 0.200 e. The summed E-state index contributed by atoms with van der Waals surface area (Å²) in [5.74, 6) is 0.800. The normalized spacial score (nSPS) is 10.4. The largest absolute Gasteiger partial charge is 0.359 e. The number of aryl methyl sites for hydroxylation is 2. The molecule has 0 aliphatic carbocycles. The number of imidazole rings is 1. The standard InChI is InChI=1S/C12H14ClN3/c1-14-12-15-8-10(16-12)7-6-9-4-2-3-5-11(9)13/h2-5,8H,6-7H2,1H3,(H2,14,15,16). The molecule has 0 unspecified atom stereocenters. The van der Waals surface area contributed by atoms with Crippen molar-refractivity contribution in [3.8, 4) is 0 Å². The molecule has 0 atom stereocenters. The van der Waals surface area contributed by atoms with Crippen LogP contribution in [0.2, 0.25) is 5.02 Å². The van der Waals surface area contributed by atoms with Gasteiger partial charge in [-0.1, -0.05) is 29.8 Å². The minimum atomic E-state index is 0.800. The van der Waals surface area contributed by atoms with Crippen LogP contribution in [0, 0.1) is 0 Å². The Kier molecular flexibility index (Phi) is 3.47. The van der Waals surface area contributed by atoms with Crippen LogP contribution in [-0.2, 0) is 12.8 Å². The Morgan fingerprint density at radius 2 is 2.12 bits per heavy atom. The maximum atomic E-state index is 6.08. The molecule has 1 heterocycles. The first-order valence-corrected chi connectivity index (χ1v) is 5.62. The van der Waals surface area contributed by atoms with Crippen molar-refractivity contribution < 1.29 is 0 Å². The second-order valence-electron chi connectivity index (χ2n) is 3.60. The van der Waals surface area contributed by atoms with E-state index < -0.39 is 0 Å². The zero-order chi connectivity index (χ0) is 11.4. The van der Waals surface area contributed by atoms with Gasteiger partial charge < -0.3 is 10.3 Å². The van der Waals surface area contributed by atoms with Crippen molar-refractivity contribution in [2.75, 3.05) is 12.4 Å². The zero-order valence-corrected chi connectivity index (χ0v) is 9.88. The Labute approximate surface area is 99.9 Å². The molecule has 0 bridgehead atoms. The SMILES string of the molecule is CNc1ncc(CCc2ccccc2Cl)[nH]1. The molecule has 0 aliphatic rings. The molecule has 0 aliphatic heterocycles. The molecule has 0 radical (unpaired) electrons. The first kappa shape index (κ1) is 11.0. The van der Waals surface area contributed by atoms with Gasteiger partial charge in [-0.2, -0.15) is 0 Å². The van der Waals surface area contributed by atoms with Crippen molar-refractivity contribution in [2.24, 2.45) is 0 Å². The molecular formula is C12H14ClN3. The summed E-state index contributed by atoms with van der Waals surface area (Å²) in [7, 11) is 1.84. The van der Waals surface area contributed by atoms with Gasteiger partial charge in [0.05, 0.1) is 6.20 Å². The third kappa shape index (κ3) is 2.55. The van der Waals surface area contributed by atoms with Crippen molar-refractivity contribution in [3.05, 3.63) is 46.7 Å². The van der Waals surface area contributed by atoms with Crippen LogP contribution in [0.5, 0.6) is 0 Å². The minimum absolute atomic E-state index is 0.800. The van der Waals surface area contributed by atoms with Crippen molar-refractivity contribution in [2.45, 2.75) is 12.8 Å². The predicted molar refractivity (Wildman–Crippen MR) is 67.0 cm³/mol. The van der Waals surface area contributed by atoms with Crippen LogP contribution >= 0.6 is 11.6 Å². The Bertz CT molecular complexity index is 465. The molecule has 0 amide bonds. The molecule has 1 aromatic heterocycles. The molecule has 16 heavy (non-hydrogen) atoms. The van der Waals surface area contributed by atoms with Gasteiger partial charge in [0.2, 0.25) is 0 Å². The highest BCUT2D eigenvalue weighted by Crippen LogP contribution is 2.17. The van der Waals surface area contributed by atoms with Gasteiger partial charge in [-0.3, -0.25) is 0 Å². The van der Waals surface area contributed by atoms with Gasteiger partial charge in [0.1, 0.15) is 0 Å². The fourth-order valence-electron chi connectivity index (χ4n) is 1.58. The van der Waals surface area contributed by atoms with Crippen molar-refractivity contribution in [1.82, 2.24) is 9.97 Å². The molecule has 0 fully saturated rings. The summed E-state index contributed by atoms with van der Waals surface area (Å²) in [6, 6.07) is 7.93. The average Bonchev–Trinajstić information content (AvgIpc) is 2.76. The number of H-pyrrole nitrogens is 1. The van der Waals surface area contributed by atoms with Crippen LogP contribution in [0.3, 0.4) is 0 Å². The fourth-order valence-corrected chi connectivity index (χ4v) is 1.81. The van der Waals surface area contributed by atoms with E-state index in [0.717, 1.165) is 29.5 Å². The number of halogens is 1. The maximum Gasteiger partial charge on any atom is 0.200 e. The van der Waals surface area contributed by atoms with E-state index in [1.807, 2.05) is 31.4 Å². The number of hydrogen-bond donors (Lipinski definition) is 2. The van der Waals surface area contributed by atoms with Crippen molar-refractivity contribution >= 4 is 17.5 Å². The van der Waals surface area contributed by atoms with Crippen molar-refractivity contribution in [3.63, 3.8) is 0 Å². The van der Waals surface area contributed by atoms with E-state index in [2.05, 4.69) is 21.4 Å². The summed E-state index contributed by atoms with van der Waals surface area (Å²) in [5, 5.41) is 3.79. The molecule has 2 rings (SSSR count). The molecule has 84 valence electrons. The Hall–Kier alpha value is -1.48. The molecule has 2 N–H and O–H groups in total. The van der Waals surface area contributed by atoms with E-state index in [4.69, 9.17) is 11.6 Å². The van der Waals surface area contributed by atoms with E-state index in [1.54, 1.807) is 0 Å². The molecule has 3 nitrogen and oxygen atoms in total. The van der Waals surface area contributed by atoms with Crippen LogP contribution in [0.15, 0.2) is 30.5 Å². The lowest BCUT2D eigenvalue weighted by Crippen LogP contribution is -1.93. The summed E-state index contributed by atoms with van der Waals surface area (Å²) in [6.07, 6.45) is 3.69. The monoisotopic (exact) mass is 235 g/mol. The van der Waals surface area contributed by atoms with Crippen LogP contribution in [0.1, 0.15) is 11.3 Å². The van der Waals surface area contributed by atoms with Gasteiger partial charge in [0, 0.05) is 17.8 Å². The highest BCUT2D eigenvalue weighted by Gasteiger charge is 2.02. The summed E-state index contributed by atoms with van der Waals surface area (Å²) in [4.78, 5) is 7.36. The molecule has 0 spiro atoms. The predicted octanol–water partition coefficient (Wildman–Crippen LogP) is 2.89. The average molecular weight is 236 g/mol. The Morgan fingerprint density at radius 1 is 1.31 bits per heavy atom. The summed E-state index contributed by atoms with van der Waals surface area (Å²) in [5.41, 5.74) is 2.29. The van der Waals surface area contributed by atoms with Crippen LogP contribution in [0.25, 0.3) is 0 Å². The van der Waals surface area contributed by atoms with E-state index in [-0.39, 0.29) is 0 Å². The topological polar surface area (TPSA) is 40.7 Å². The minimum Gasteiger partial charge on any atom is -0.359 e. The molecule has 1 aromatic carbocycles. The Balaban J connectivity index is 1.99. The molecular weight excluding hydrogens is 222 g/mol. The van der Waals surface area contributed by atoms with Gasteiger partial charge >= 0.3 is 0 Å².